The first-order valence-electron chi connectivity index (χ1n) is 9.34. The minimum Gasteiger partial charge on any atom is -0.383 e. The Hall–Kier alpha value is -3.13. The van der Waals surface area contributed by atoms with Crippen molar-refractivity contribution < 1.29 is 9.59 Å². The van der Waals surface area contributed by atoms with E-state index in [4.69, 9.17) is 17.3 Å². The second-order valence-corrected chi connectivity index (χ2v) is 7.26. The second-order valence-electron chi connectivity index (χ2n) is 6.88. The zero-order valence-corrected chi connectivity index (χ0v) is 17.2. The Bertz CT molecular complexity index is 1080. The van der Waals surface area contributed by atoms with Gasteiger partial charge >= 0.3 is 6.03 Å². The largest absolute Gasteiger partial charge is 0.383 e. The summed E-state index contributed by atoms with van der Waals surface area (Å²) in [6.07, 6.45) is 3.90. The molecule has 0 spiro atoms. The number of nitrogens with one attached hydrogen (secondary N) is 2. The molecule has 0 aliphatic heterocycles. The molecule has 0 unspecified atom stereocenters. The van der Waals surface area contributed by atoms with Crippen LogP contribution in [-0.4, -0.2) is 32.9 Å². The fraction of sp³-hybridized carbons (Fsp3) is 0.300. The van der Waals surface area contributed by atoms with Crippen LogP contribution in [0.3, 0.4) is 0 Å². The molecule has 0 aliphatic carbocycles. The van der Waals surface area contributed by atoms with Gasteiger partial charge < -0.3 is 20.9 Å². The molecule has 29 heavy (non-hydrogen) atoms. The number of hydrogen-bond donors (Lipinski definition) is 3. The molecule has 2 heterocycles. The summed E-state index contributed by atoms with van der Waals surface area (Å²) in [6, 6.07) is 4.60. The summed E-state index contributed by atoms with van der Waals surface area (Å²) in [7, 11) is 0. The normalized spacial score (nSPS) is 11.1. The van der Waals surface area contributed by atoms with Crippen molar-refractivity contribution in [2.75, 3.05) is 17.6 Å². The number of nitrogens with two attached hydrogens (primary N) is 1. The number of ketones is 1. The molecule has 3 rings (SSSR count). The summed E-state index contributed by atoms with van der Waals surface area (Å²) in [5.41, 5.74) is 7.60. The van der Waals surface area contributed by atoms with E-state index in [1.165, 1.54) is 6.33 Å². The minimum atomic E-state index is -0.382. The van der Waals surface area contributed by atoms with Gasteiger partial charge in [0.2, 0.25) is 0 Å². The smallest absolute Gasteiger partial charge is 0.319 e. The number of halogens is 1. The Balaban J connectivity index is 2.04. The van der Waals surface area contributed by atoms with Gasteiger partial charge in [0.1, 0.15) is 17.8 Å². The van der Waals surface area contributed by atoms with Crippen LogP contribution in [0.4, 0.5) is 16.3 Å². The van der Waals surface area contributed by atoms with E-state index in [0.717, 1.165) is 6.42 Å². The molecule has 1 aromatic carbocycles. The topological polar surface area (TPSA) is 115 Å². The monoisotopic (exact) mass is 414 g/mol. The molecule has 0 aliphatic rings. The molecule has 9 heteroatoms. The van der Waals surface area contributed by atoms with E-state index in [1.54, 1.807) is 24.4 Å². The van der Waals surface area contributed by atoms with Crippen molar-refractivity contribution in [1.82, 2.24) is 19.9 Å². The van der Waals surface area contributed by atoms with Crippen LogP contribution in [-0.2, 0) is 0 Å². The van der Waals surface area contributed by atoms with Gasteiger partial charge in [-0.25, -0.2) is 14.8 Å². The lowest BCUT2D eigenvalue weighted by Crippen LogP contribution is -2.29. The molecular formula is C20H23ClN6O2. The lowest BCUT2D eigenvalue weighted by atomic mass is 10.0. The molecular weight excluding hydrogens is 392 g/mol. The summed E-state index contributed by atoms with van der Waals surface area (Å²) in [6.45, 7) is 6.46. The highest BCUT2D eigenvalue weighted by atomic mass is 35.5. The number of benzene rings is 1. The SMILES string of the molecule is CCCNC(=O)Nc1cccc(C(=O)c2cn(C(C)C)c3ncnc(N)c23)c1Cl. The zero-order valence-electron chi connectivity index (χ0n) is 16.5. The van der Waals surface area contributed by atoms with Gasteiger partial charge in [0.05, 0.1) is 21.7 Å². The number of aromatic nitrogens is 3. The number of fused-ring (bicyclic) bond motifs is 1. The lowest BCUT2D eigenvalue weighted by Gasteiger charge is -2.11. The maximum atomic E-state index is 13.3. The Kier molecular flexibility index (Phi) is 6.03. The molecule has 0 atom stereocenters. The van der Waals surface area contributed by atoms with E-state index in [0.29, 0.717) is 28.8 Å². The number of anilines is 2. The predicted octanol–water partition coefficient (Wildman–Crippen LogP) is 4.01. The maximum absolute atomic E-state index is 13.3. The summed E-state index contributed by atoms with van der Waals surface area (Å²) in [5.74, 6) is -0.0967. The Labute approximate surface area is 173 Å². The first-order valence-corrected chi connectivity index (χ1v) is 9.72. The quantitative estimate of drug-likeness (QED) is 0.527. The maximum Gasteiger partial charge on any atom is 0.319 e. The molecule has 3 aromatic rings. The van der Waals surface area contributed by atoms with E-state index in [9.17, 15) is 9.59 Å². The van der Waals surface area contributed by atoms with Crippen molar-refractivity contribution in [2.24, 2.45) is 0 Å². The highest BCUT2D eigenvalue weighted by Crippen LogP contribution is 2.32. The Morgan fingerprint density at radius 3 is 2.69 bits per heavy atom. The molecule has 4 N–H and O–H groups in total. The van der Waals surface area contributed by atoms with E-state index in [-0.39, 0.29) is 34.3 Å². The van der Waals surface area contributed by atoms with Crippen molar-refractivity contribution in [2.45, 2.75) is 33.2 Å². The zero-order chi connectivity index (χ0) is 21.1. The number of carbonyl (C=O) groups excluding carboxylic acids is 2. The van der Waals surface area contributed by atoms with Crippen LogP contribution in [0.5, 0.6) is 0 Å². The van der Waals surface area contributed by atoms with E-state index in [1.807, 2.05) is 25.3 Å². The van der Waals surface area contributed by atoms with Crippen molar-refractivity contribution in [3.05, 3.63) is 46.9 Å². The number of carbonyl (C=O) groups is 2. The second kappa shape index (κ2) is 8.48. The van der Waals surface area contributed by atoms with Crippen LogP contribution in [0.2, 0.25) is 5.02 Å². The lowest BCUT2D eigenvalue weighted by molar-refractivity contribution is 0.104. The Morgan fingerprint density at radius 2 is 2.00 bits per heavy atom. The van der Waals surface area contributed by atoms with Crippen LogP contribution >= 0.6 is 11.6 Å². The number of hydrogen-bond acceptors (Lipinski definition) is 5. The third-order valence-corrected chi connectivity index (χ3v) is 4.87. The molecule has 0 fully saturated rings. The number of nitrogen functional groups attached to an aromatic ring is 1. The Morgan fingerprint density at radius 1 is 1.24 bits per heavy atom. The molecule has 0 saturated carbocycles. The van der Waals surface area contributed by atoms with Gasteiger partial charge in [-0.3, -0.25) is 4.79 Å². The van der Waals surface area contributed by atoms with Gasteiger partial charge in [-0.05, 0) is 32.4 Å². The van der Waals surface area contributed by atoms with Crippen molar-refractivity contribution >= 4 is 46.0 Å². The molecule has 8 nitrogen and oxygen atoms in total. The average molecular weight is 415 g/mol. The fourth-order valence-electron chi connectivity index (χ4n) is 3.03. The molecule has 0 radical (unpaired) electrons. The first-order chi connectivity index (χ1) is 13.8. The van der Waals surface area contributed by atoms with Crippen LogP contribution in [0.1, 0.15) is 49.2 Å². The predicted molar refractivity (Wildman–Crippen MR) is 115 cm³/mol. The molecule has 2 aromatic heterocycles. The fourth-order valence-corrected chi connectivity index (χ4v) is 3.29. The summed E-state index contributed by atoms with van der Waals surface area (Å²) in [5, 5.41) is 6.03. The van der Waals surface area contributed by atoms with Gasteiger partial charge in [0, 0.05) is 24.3 Å². The van der Waals surface area contributed by atoms with Crippen LogP contribution < -0.4 is 16.4 Å². The third kappa shape index (κ3) is 4.02. The number of amides is 2. The highest BCUT2D eigenvalue weighted by Gasteiger charge is 2.23. The van der Waals surface area contributed by atoms with Gasteiger partial charge in [-0.1, -0.05) is 24.6 Å². The minimum absolute atomic E-state index is 0.0686. The highest BCUT2D eigenvalue weighted by molar-refractivity contribution is 6.38. The number of nitrogens with zero attached hydrogens (tertiary/aromatic N) is 3. The van der Waals surface area contributed by atoms with Crippen LogP contribution in [0, 0.1) is 0 Å². The van der Waals surface area contributed by atoms with Gasteiger partial charge in [0.25, 0.3) is 0 Å². The average Bonchev–Trinajstić information content (AvgIpc) is 3.09. The van der Waals surface area contributed by atoms with Crippen molar-refractivity contribution in [1.29, 1.82) is 0 Å². The third-order valence-electron chi connectivity index (χ3n) is 4.47. The summed E-state index contributed by atoms with van der Waals surface area (Å²) < 4.78 is 1.87. The van der Waals surface area contributed by atoms with Crippen molar-refractivity contribution in [3.63, 3.8) is 0 Å². The van der Waals surface area contributed by atoms with E-state index < -0.39 is 0 Å². The van der Waals surface area contributed by atoms with Gasteiger partial charge in [-0.2, -0.15) is 0 Å². The first kappa shape index (κ1) is 20.6. The van der Waals surface area contributed by atoms with Gasteiger partial charge in [0.15, 0.2) is 5.78 Å². The van der Waals surface area contributed by atoms with E-state index >= 15 is 0 Å². The van der Waals surface area contributed by atoms with Crippen LogP contribution in [0.25, 0.3) is 11.0 Å². The number of rotatable bonds is 6. The summed E-state index contributed by atoms with van der Waals surface area (Å²) >= 11 is 6.46. The summed E-state index contributed by atoms with van der Waals surface area (Å²) in [4.78, 5) is 33.6. The molecule has 0 bridgehead atoms. The molecule has 0 saturated heterocycles. The van der Waals surface area contributed by atoms with Gasteiger partial charge in [-0.15, -0.1) is 0 Å². The molecule has 2 amide bonds. The molecule has 152 valence electrons. The van der Waals surface area contributed by atoms with E-state index in [2.05, 4.69) is 20.6 Å². The van der Waals surface area contributed by atoms with Crippen molar-refractivity contribution in [3.8, 4) is 0 Å². The van der Waals surface area contributed by atoms with Crippen LogP contribution in [0.15, 0.2) is 30.7 Å². The standard InChI is InChI=1S/C20H23ClN6O2/c1-4-8-23-20(29)26-14-7-5-6-12(16(14)21)17(28)13-9-27(11(2)3)19-15(13)18(22)24-10-25-19/h5-7,9-11H,4,8H2,1-3H3,(H2,22,24,25)(H2,23,26,29). The number of urea groups is 1.